The third-order valence-corrected chi connectivity index (χ3v) is 5.63. The Morgan fingerprint density at radius 3 is 2.79 bits per heavy atom. The van der Waals surface area contributed by atoms with E-state index >= 15 is 0 Å². The molecule has 0 bridgehead atoms. The number of hydrogen-bond donors (Lipinski definition) is 0. The van der Waals surface area contributed by atoms with Crippen molar-refractivity contribution in [1.82, 2.24) is 14.9 Å². The van der Waals surface area contributed by atoms with Crippen molar-refractivity contribution in [2.24, 2.45) is 5.92 Å². The molecule has 5 nitrogen and oxygen atoms in total. The summed E-state index contributed by atoms with van der Waals surface area (Å²) in [5, 5.41) is 2.18. The average Bonchev–Trinajstić information content (AvgIpc) is 2.78. The molecule has 1 aliphatic heterocycles. The summed E-state index contributed by atoms with van der Waals surface area (Å²) in [6, 6.07) is 13.9. The number of carbonyl (C=O) groups is 2. The highest BCUT2D eigenvalue weighted by molar-refractivity contribution is 6.02. The van der Waals surface area contributed by atoms with Gasteiger partial charge in [-0.1, -0.05) is 49.7 Å². The maximum absolute atomic E-state index is 13.2. The van der Waals surface area contributed by atoms with Crippen LogP contribution in [0.25, 0.3) is 10.8 Å². The number of nitrogens with zero attached hydrogens (tertiary/aromatic N) is 3. The van der Waals surface area contributed by atoms with Crippen molar-refractivity contribution in [2.45, 2.75) is 32.6 Å². The van der Waals surface area contributed by atoms with Crippen LogP contribution in [0, 0.1) is 5.92 Å². The molecule has 148 valence electrons. The van der Waals surface area contributed by atoms with Crippen LogP contribution in [0.5, 0.6) is 0 Å². The molecule has 1 atom stereocenters. The van der Waals surface area contributed by atoms with Gasteiger partial charge in [0.1, 0.15) is 6.33 Å². The topological polar surface area (TPSA) is 63.2 Å². The monoisotopic (exact) mass is 387 g/mol. The number of ketones is 1. The maximum Gasteiger partial charge on any atom is 0.257 e. The normalized spacial score (nSPS) is 16.7. The van der Waals surface area contributed by atoms with Gasteiger partial charge in [-0.3, -0.25) is 9.59 Å². The van der Waals surface area contributed by atoms with E-state index in [9.17, 15) is 9.59 Å². The molecule has 0 aliphatic carbocycles. The summed E-state index contributed by atoms with van der Waals surface area (Å²) in [4.78, 5) is 36.4. The molecule has 5 heteroatoms. The van der Waals surface area contributed by atoms with Crippen molar-refractivity contribution in [3.8, 4) is 0 Å². The van der Waals surface area contributed by atoms with Gasteiger partial charge < -0.3 is 4.90 Å². The number of likely N-dealkylation sites (tertiary alicyclic amines) is 1. The Morgan fingerprint density at radius 2 is 1.97 bits per heavy atom. The van der Waals surface area contributed by atoms with E-state index in [0.717, 1.165) is 47.7 Å². The lowest BCUT2D eigenvalue weighted by atomic mass is 9.89. The van der Waals surface area contributed by atoms with Gasteiger partial charge in [0.25, 0.3) is 5.91 Å². The van der Waals surface area contributed by atoms with E-state index in [2.05, 4.69) is 16.9 Å². The zero-order valence-electron chi connectivity index (χ0n) is 16.7. The third-order valence-electron chi connectivity index (χ3n) is 5.63. The Bertz CT molecular complexity index is 1050. The van der Waals surface area contributed by atoms with E-state index in [1.807, 2.05) is 42.5 Å². The number of piperidine rings is 1. The number of rotatable bonds is 5. The summed E-state index contributed by atoms with van der Waals surface area (Å²) in [7, 11) is 0. The van der Waals surface area contributed by atoms with Gasteiger partial charge in [-0.15, -0.1) is 0 Å². The first-order valence-electron chi connectivity index (χ1n) is 10.3. The molecule has 0 N–H and O–H groups in total. The molecule has 3 aromatic rings. The van der Waals surface area contributed by atoms with Gasteiger partial charge in [-0.25, -0.2) is 9.97 Å². The number of amides is 1. The Balaban J connectivity index is 1.53. The Morgan fingerprint density at radius 1 is 1.14 bits per heavy atom. The maximum atomic E-state index is 13.2. The fraction of sp³-hybridized carbons (Fsp3) is 0.333. The van der Waals surface area contributed by atoms with E-state index in [0.29, 0.717) is 18.7 Å². The second kappa shape index (κ2) is 8.52. The van der Waals surface area contributed by atoms with Crippen molar-refractivity contribution >= 4 is 22.5 Å². The van der Waals surface area contributed by atoms with E-state index in [-0.39, 0.29) is 17.6 Å². The molecule has 1 aromatic heterocycles. The first-order valence-corrected chi connectivity index (χ1v) is 10.3. The lowest BCUT2D eigenvalue weighted by Crippen LogP contribution is -2.42. The summed E-state index contributed by atoms with van der Waals surface area (Å²) in [5.74, 6) is -0.121. The SMILES string of the molecule is CCCc1ncncc1C(=O)N1CCC[C@@H](C(=O)c2ccc3ccccc3c2)C1. The standard InChI is InChI=1S/C24H25N3O2/c1-2-6-22-21(14-25-16-26-22)24(29)27-12-5-9-20(15-27)23(28)19-11-10-17-7-3-4-8-18(17)13-19/h3-4,7-8,10-11,13-14,16,20H,2,5-6,9,12,15H2,1H3/t20-/m1/s1. The zero-order chi connectivity index (χ0) is 20.2. The van der Waals surface area contributed by atoms with Crippen LogP contribution in [0.3, 0.4) is 0 Å². The molecule has 1 fully saturated rings. The van der Waals surface area contributed by atoms with Crippen LogP contribution < -0.4 is 0 Å². The minimum absolute atomic E-state index is 0.0648. The predicted molar refractivity (Wildman–Crippen MR) is 113 cm³/mol. The summed E-state index contributed by atoms with van der Waals surface area (Å²) in [6.45, 7) is 3.18. The van der Waals surface area contributed by atoms with E-state index in [1.165, 1.54) is 6.33 Å². The zero-order valence-corrected chi connectivity index (χ0v) is 16.7. The van der Waals surface area contributed by atoms with Crippen LogP contribution in [0.15, 0.2) is 55.0 Å². The summed E-state index contributed by atoms with van der Waals surface area (Å²) < 4.78 is 0. The lowest BCUT2D eigenvalue weighted by molar-refractivity contribution is 0.0635. The molecule has 0 saturated carbocycles. The number of aromatic nitrogens is 2. The average molecular weight is 387 g/mol. The van der Waals surface area contributed by atoms with Crippen LogP contribution >= 0.6 is 0 Å². The fourth-order valence-corrected chi connectivity index (χ4v) is 4.09. The number of carbonyl (C=O) groups excluding carboxylic acids is 2. The first-order chi connectivity index (χ1) is 14.2. The number of benzene rings is 2. The molecule has 4 rings (SSSR count). The van der Waals surface area contributed by atoms with E-state index < -0.39 is 0 Å². The summed E-state index contributed by atoms with van der Waals surface area (Å²) >= 11 is 0. The highest BCUT2D eigenvalue weighted by Crippen LogP contribution is 2.25. The number of fused-ring (bicyclic) bond motifs is 1. The molecular weight excluding hydrogens is 362 g/mol. The minimum Gasteiger partial charge on any atom is -0.338 e. The highest BCUT2D eigenvalue weighted by Gasteiger charge is 2.30. The van der Waals surface area contributed by atoms with Crippen molar-refractivity contribution in [3.05, 3.63) is 71.8 Å². The smallest absolute Gasteiger partial charge is 0.257 e. The Kier molecular flexibility index (Phi) is 5.65. The van der Waals surface area contributed by atoms with Gasteiger partial charge in [-0.2, -0.15) is 0 Å². The molecule has 2 heterocycles. The second-order valence-electron chi connectivity index (χ2n) is 7.65. The van der Waals surface area contributed by atoms with Crippen molar-refractivity contribution in [3.63, 3.8) is 0 Å². The van der Waals surface area contributed by atoms with Crippen LogP contribution in [0.2, 0.25) is 0 Å². The predicted octanol–water partition coefficient (Wildman–Crippen LogP) is 4.32. The van der Waals surface area contributed by atoms with Gasteiger partial charge in [0.15, 0.2) is 5.78 Å². The van der Waals surface area contributed by atoms with Crippen LogP contribution in [-0.2, 0) is 6.42 Å². The molecule has 2 aromatic carbocycles. The first kappa shape index (κ1) is 19.2. The van der Waals surface area contributed by atoms with Gasteiger partial charge in [-0.05, 0) is 36.1 Å². The number of hydrogen-bond acceptors (Lipinski definition) is 4. The van der Waals surface area contributed by atoms with Crippen LogP contribution in [0.1, 0.15) is 52.6 Å². The quantitative estimate of drug-likeness (QED) is 0.612. The van der Waals surface area contributed by atoms with Gasteiger partial charge in [0.05, 0.1) is 11.3 Å². The molecular formula is C24H25N3O2. The van der Waals surface area contributed by atoms with Gasteiger partial charge in [0.2, 0.25) is 0 Å². The number of aryl methyl sites for hydroxylation is 1. The Hall–Kier alpha value is -3.08. The van der Waals surface area contributed by atoms with Crippen LogP contribution in [-0.4, -0.2) is 39.6 Å². The molecule has 0 spiro atoms. The summed E-state index contributed by atoms with van der Waals surface area (Å²) in [6.07, 6.45) is 6.39. The second-order valence-corrected chi connectivity index (χ2v) is 7.65. The van der Waals surface area contributed by atoms with E-state index in [1.54, 1.807) is 11.1 Å². The molecule has 29 heavy (non-hydrogen) atoms. The lowest BCUT2D eigenvalue weighted by Gasteiger charge is -2.32. The van der Waals surface area contributed by atoms with Gasteiger partial charge in [0, 0.05) is 30.8 Å². The van der Waals surface area contributed by atoms with Crippen molar-refractivity contribution < 1.29 is 9.59 Å². The largest absolute Gasteiger partial charge is 0.338 e. The molecule has 0 unspecified atom stereocenters. The third kappa shape index (κ3) is 4.04. The number of Topliss-reactive ketones (excluding diaryl/α,β-unsaturated/α-hetero) is 1. The molecule has 0 radical (unpaired) electrons. The molecule has 1 saturated heterocycles. The van der Waals surface area contributed by atoms with E-state index in [4.69, 9.17) is 0 Å². The highest BCUT2D eigenvalue weighted by atomic mass is 16.2. The van der Waals surface area contributed by atoms with Gasteiger partial charge >= 0.3 is 0 Å². The van der Waals surface area contributed by atoms with Crippen molar-refractivity contribution in [1.29, 1.82) is 0 Å². The van der Waals surface area contributed by atoms with Crippen LogP contribution in [0.4, 0.5) is 0 Å². The molecule has 1 amide bonds. The minimum atomic E-state index is -0.173. The Labute approximate surface area is 170 Å². The fourth-order valence-electron chi connectivity index (χ4n) is 4.09. The molecule has 1 aliphatic rings. The summed E-state index contributed by atoms with van der Waals surface area (Å²) in [5.41, 5.74) is 2.07. The van der Waals surface area contributed by atoms with Crippen molar-refractivity contribution in [2.75, 3.05) is 13.1 Å².